The summed E-state index contributed by atoms with van der Waals surface area (Å²) in [5.74, 6) is -0.677. The van der Waals surface area contributed by atoms with Crippen LogP contribution in [-0.4, -0.2) is 28.9 Å². The van der Waals surface area contributed by atoms with E-state index in [0.717, 1.165) is 6.07 Å². The van der Waals surface area contributed by atoms with E-state index in [1.165, 1.54) is 6.07 Å². The number of aliphatic hydroxyl groups is 1. The molecule has 8 heteroatoms. The van der Waals surface area contributed by atoms with Gasteiger partial charge in [-0.2, -0.15) is 13.2 Å². The molecule has 0 aliphatic carbocycles. The Bertz CT molecular complexity index is 386. The molecule has 0 aliphatic heterocycles. The number of rotatable bonds is 4. The minimum Gasteiger partial charge on any atom is -0.382 e. The maximum atomic E-state index is 13.1. The van der Waals surface area contributed by atoms with Gasteiger partial charge in [0.25, 0.3) is 0 Å². The van der Waals surface area contributed by atoms with E-state index >= 15 is 0 Å². The quantitative estimate of drug-likeness (QED) is 0.650. The van der Waals surface area contributed by atoms with Crippen LogP contribution >= 0.6 is 11.6 Å². The normalized spacial score (nSPS) is 13.8. The van der Waals surface area contributed by atoms with Gasteiger partial charge in [0.1, 0.15) is 11.0 Å². The zero-order chi connectivity index (χ0) is 13.1. The molecule has 1 aromatic rings. The average molecular weight is 273 g/mol. The molecule has 0 saturated carbocycles. The summed E-state index contributed by atoms with van der Waals surface area (Å²) in [6.07, 6.45) is -7.20. The van der Waals surface area contributed by atoms with Crippen molar-refractivity contribution >= 4 is 11.6 Å². The smallest absolute Gasteiger partial charge is 0.382 e. The molecule has 0 unspecified atom stereocenters. The number of nitrogens with one attached hydrogen (secondary N) is 1. The van der Waals surface area contributed by atoms with Gasteiger partial charge in [0.2, 0.25) is 0 Å². The van der Waals surface area contributed by atoms with Crippen molar-refractivity contribution in [3.05, 3.63) is 28.8 Å². The maximum absolute atomic E-state index is 13.1. The Labute approximate surface area is 99.4 Å². The van der Waals surface area contributed by atoms with Crippen molar-refractivity contribution in [2.45, 2.75) is 18.8 Å². The van der Waals surface area contributed by atoms with Crippen molar-refractivity contribution < 1.29 is 22.7 Å². The van der Waals surface area contributed by atoms with Crippen LogP contribution < -0.4 is 5.32 Å². The Morgan fingerprint density at radius 2 is 2.06 bits per heavy atom. The lowest BCUT2D eigenvalue weighted by Gasteiger charge is -2.14. The third-order valence-electron chi connectivity index (χ3n) is 1.89. The summed E-state index contributed by atoms with van der Waals surface area (Å²) >= 11 is 5.50. The number of alkyl halides is 3. The Morgan fingerprint density at radius 3 is 2.65 bits per heavy atom. The van der Waals surface area contributed by atoms with Crippen LogP contribution in [-0.2, 0) is 6.54 Å². The second-order valence-corrected chi connectivity index (χ2v) is 3.64. The summed E-state index contributed by atoms with van der Waals surface area (Å²) < 4.78 is 48.8. The predicted octanol–water partition coefficient (Wildman–Crippen LogP) is 1.89. The van der Waals surface area contributed by atoms with E-state index < -0.39 is 24.6 Å². The van der Waals surface area contributed by atoms with E-state index in [0.29, 0.717) is 0 Å². The number of aliphatic hydroxyl groups excluding tert-OH is 1. The number of halogens is 5. The zero-order valence-corrected chi connectivity index (χ0v) is 9.19. The molecule has 1 atom stereocenters. The second-order valence-electron chi connectivity index (χ2n) is 3.25. The summed E-state index contributed by atoms with van der Waals surface area (Å²) in [5, 5.41) is 10.9. The van der Waals surface area contributed by atoms with Crippen LogP contribution in [0.4, 0.5) is 17.6 Å². The molecule has 2 N–H and O–H groups in total. The van der Waals surface area contributed by atoms with Crippen LogP contribution in [0.5, 0.6) is 0 Å². The highest BCUT2D eigenvalue weighted by Crippen LogP contribution is 2.19. The van der Waals surface area contributed by atoms with Crippen molar-refractivity contribution in [1.29, 1.82) is 0 Å². The van der Waals surface area contributed by atoms with Gasteiger partial charge >= 0.3 is 6.18 Å². The monoisotopic (exact) mass is 272 g/mol. The first-order valence-electron chi connectivity index (χ1n) is 4.57. The van der Waals surface area contributed by atoms with Crippen LogP contribution in [0.25, 0.3) is 0 Å². The fourth-order valence-electron chi connectivity index (χ4n) is 1.02. The molecule has 0 saturated heterocycles. The standard InChI is InChI=1S/C9H9ClF4N2O/c10-8-2-1-5(11)6(16-8)3-15-4-7(17)9(12,13)14/h1-2,7,15,17H,3-4H2/t7-/m0/s1. The van der Waals surface area contributed by atoms with E-state index in [2.05, 4.69) is 10.3 Å². The number of hydrogen-bond donors (Lipinski definition) is 2. The molecule has 1 aromatic heterocycles. The molecule has 0 aliphatic rings. The summed E-state index contributed by atoms with van der Waals surface area (Å²) in [4.78, 5) is 3.60. The molecule has 1 heterocycles. The molecular formula is C9H9ClF4N2O. The van der Waals surface area contributed by atoms with Gasteiger partial charge in [-0.3, -0.25) is 0 Å². The lowest BCUT2D eigenvalue weighted by molar-refractivity contribution is -0.201. The van der Waals surface area contributed by atoms with Crippen molar-refractivity contribution in [3.63, 3.8) is 0 Å². The average Bonchev–Trinajstić information content (AvgIpc) is 2.21. The van der Waals surface area contributed by atoms with Crippen LogP contribution in [0, 0.1) is 5.82 Å². The molecule has 3 nitrogen and oxygen atoms in total. The van der Waals surface area contributed by atoms with E-state index in [9.17, 15) is 17.6 Å². The third kappa shape index (κ3) is 4.45. The Morgan fingerprint density at radius 1 is 1.41 bits per heavy atom. The molecule has 0 bridgehead atoms. The summed E-state index contributed by atoms with van der Waals surface area (Å²) in [7, 11) is 0. The van der Waals surface area contributed by atoms with Gasteiger partial charge in [-0.25, -0.2) is 9.37 Å². The first-order valence-corrected chi connectivity index (χ1v) is 4.95. The number of aromatic nitrogens is 1. The van der Waals surface area contributed by atoms with E-state index in [1.54, 1.807) is 0 Å². The lowest BCUT2D eigenvalue weighted by Crippen LogP contribution is -2.38. The fourth-order valence-corrected chi connectivity index (χ4v) is 1.19. The molecule has 1 rings (SSSR count). The molecule has 0 spiro atoms. The van der Waals surface area contributed by atoms with E-state index in [4.69, 9.17) is 16.7 Å². The van der Waals surface area contributed by atoms with Gasteiger partial charge in [-0.15, -0.1) is 0 Å². The molecule has 0 fully saturated rings. The van der Waals surface area contributed by atoms with Crippen molar-refractivity contribution in [3.8, 4) is 0 Å². The topological polar surface area (TPSA) is 45.1 Å². The van der Waals surface area contributed by atoms with Crippen LogP contribution in [0.1, 0.15) is 5.69 Å². The van der Waals surface area contributed by atoms with E-state index in [-0.39, 0.29) is 17.4 Å². The van der Waals surface area contributed by atoms with Crippen LogP contribution in [0.15, 0.2) is 12.1 Å². The summed E-state index contributed by atoms with van der Waals surface area (Å²) in [6.45, 7) is -0.989. The van der Waals surface area contributed by atoms with Crippen LogP contribution in [0.2, 0.25) is 5.15 Å². The predicted molar refractivity (Wildman–Crippen MR) is 53.0 cm³/mol. The Kier molecular flexibility index (Phi) is 4.67. The lowest BCUT2D eigenvalue weighted by atomic mass is 10.3. The van der Waals surface area contributed by atoms with Crippen molar-refractivity contribution in [1.82, 2.24) is 10.3 Å². The molecule has 17 heavy (non-hydrogen) atoms. The number of nitrogens with zero attached hydrogens (tertiary/aromatic N) is 1. The zero-order valence-electron chi connectivity index (χ0n) is 8.43. The van der Waals surface area contributed by atoms with Gasteiger partial charge in [0.05, 0.1) is 5.69 Å². The molecule has 0 aromatic carbocycles. The third-order valence-corrected chi connectivity index (χ3v) is 2.10. The van der Waals surface area contributed by atoms with Crippen molar-refractivity contribution in [2.24, 2.45) is 0 Å². The summed E-state index contributed by atoms with van der Waals surface area (Å²) in [5.41, 5.74) is -0.105. The highest BCUT2D eigenvalue weighted by atomic mass is 35.5. The van der Waals surface area contributed by atoms with Gasteiger partial charge in [-0.05, 0) is 12.1 Å². The first-order chi connectivity index (χ1) is 7.80. The first kappa shape index (κ1) is 14.1. The molecule has 0 radical (unpaired) electrons. The fraction of sp³-hybridized carbons (Fsp3) is 0.444. The van der Waals surface area contributed by atoms with Gasteiger partial charge < -0.3 is 10.4 Å². The number of hydrogen-bond acceptors (Lipinski definition) is 3. The highest BCUT2D eigenvalue weighted by molar-refractivity contribution is 6.29. The minimum absolute atomic E-state index is 0.0413. The molecular weight excluding hydrogens is 264 g/mol. The van der Waals surface area contributed by atoms with Gasteiger partial charge in [0, 0.05) is 13.1 Å². The minimum atomic E-state index is -4.70. The maximum Gasteiger partial charge on any atom is 0.415 e. The largest absolute Gasteiger partial charge is 0.415 e. The Balaban J connectivity index is 2.49. The Hall–Kier alpha value is -0.920. The SMILES string of the molecule is O[C@@H](CNCc1nc(Cl)ccc1F)C(F)(F)F. The van der Waals surface area contributed by atoms with Gasteiger partial charge in [-0.1, -0.05) is 11.6 Å². The summed E-state index contributed by atoms with van der Waals surface area (Å²) in [6, 6.07) is 2.29. The molecule has 96 valence electrons. The van der Waals surface area contributed by atoms with Crippen LogP contribution in [0.3, 0.4) is 0 Å². The van der Waals surface area contributed by atoms with Crippen molar-refractivity contribution in [2.75, 3.05) is 6.54 Å². The highest BCUT2D eigenvalue weighted by Gasteiger charge is 2.37. The van der Waals surface area contributed by atoms with E-state index in [1.807, 2.05) is 0 Å². The second kappa shape index (κ2) is 5.61. The number of pyridine rings is 1. The molecule has 0 amide bonds. The van der Waals surface area contributed by atoms with Gasteiger partial charge in [0.15, 0.2) is 6.10 Å².